The van der Waals surface area contributed by atoms with Gasteiger partial charge in [0.05, 0.1) is 18.5 Å². The molecule has 0 saturated carbocycles. The van der Waals surface area contributed by atoms with Gasteiger partial charge in [0.15, 0.2) is 17.4 Å². The Kier molecular flexibility index (Phi) is 4.12. The zero-order valence-corrected chi connectivity index (χ0v) is 11.1. The van der Waals surface area contributed by atoms with E-state index >= 15 is 0 Å². The van der Waals surface area contributed by atoms with E-state index in [2.05, 4.69) is 5.10 Å². The molecule has 0 saturated heterocycles. The molecule has 4 nitrogen and oxygen atoms in total. The summed E-state index contributed by atoms with van der Waals surface area (Å²) in [6, 6.07) is 4.58. The lowest BCUT2D eigenvalue weighted by atomic mass is 10.2. The maximum Gasteiger partial charge on any atom is 0.313 e. The van der Waals surface area contributed by atoms with Crippen LogP contribution in [0.5, 0.6) is 5.75 Å². The van der Waals surface area contributed by atoms with Gasteiger partial charge in [-0.3, -0.25) is 4.79 Å². The zero-order valence-electron chi connectivity index (χ0n) is 11.1. The molecule has 106 valence electrons. The fraction of sp³-hybridized carbons (Fsp3) is 0.286. The highest BCUT2D eigenvalue weighted by atomic mass is 19.2. The summed E-state index contributed by atoms with van der Waals surface area (Å²) >= 11 is 0. The first-order valence-electron chi connectivity index (χ1n) is 6.15. The van der Waals surface area contributed by atoms with Crippen molar-refractivity contribution in [1.82, 2.24) is 9.78 Å². The predicted octanol–water partition coefficient (Wildman–Crippen LogP) is 2.55. The molecule has 1 aromatic carbocycles. The van der Waals surface area contributed by atoms with E-state index in [1.54, 1.807) is 0 Å². The van der Waals surface area contributed by atoms with Gasteiger partial charge in [0.25, 0.3) is 0 Å². The third-order valence-corrected chi connectivity index (χ3v) is 2.53. The number of rotatable bonds is 4. The maximum absolute atomic E-state index is 13.2. The van der Waals surface area contributed by atoms with Crippen LogP contribution in [0.1, 0.15) is 13.8 Å². The molecular weight excluding hydrogens is 266 g/mol. The van der Waals surface area contributed by atoms with Crippen molar-refractivity contribution < 1.29 is 13.5 Å². The monoisotopic (exact) mass is 280 g/mol. The standard InChI is InChI=1S/C14H14F2N2O2/c1-9(2)8-20-13-5-6-17-18(14(13)19)10-3-4-11(15)12(16)7-10/h3-7,9H,8H2,1-2H3. The van der Waals surface area contributed by atoms with Crippen LogP contribution in [0.25, 0.3) is 5.69 Å². The first-order chi connectivity index (χ1) is 9.49. The van der Waals surface area contributed by atoms with Gasteiger partial charge in [-0.2, -0.15) is 9.78 Å². The Bertz CT molecular complexity index is 668. The summed E-state index contributed by atoms with van der Waals surface area (Å²) in [5, 5.41) is 3.84. The second-order valence-electron chi connectivity index (χ2n) is 4.72. The molecule has 0 bridgehead atoms. The van der Waals surface area contributed by atoms with E-state index < -0.39 is 17.2 Å². The minimum atomic E-state index is -1.04. The van der Waals surface area contributed by atoms with E-state index in [9.17, 15) is 13.6 Å². The average molecular weight is 280 g/mol. The number of aromatic nitrogens is 2. The van der Waals surface area contributed by atoms with E-state index in [0.717, 1.165) is 16.8 Å². The summed E-state index contributed by atoms with van der Waals surface area (Å²) in [5.41, 5.74) is -0.372. The van der Waals surface area contributed by atoms with Gasteiger partial charge >= 0.3 is 5.56 Å². The van der Waals surface area contributed by atoms with Crippen LogP contribution in [-0.4, -0.2) is 16.4 Å². The number of halogens is 2. The van der Waals surface area contributed by atoms with Crippen molar-refractivity contribution in [1.29, 1.82) is 0 Å². The van der Waals surface area contributed by atoms with Crippen molar-refractivity contribution >= 4 is 0 Å². The van der Waals surface area contributed by atoms with Gasteiger partial charge in [0.1, 0.15) is 0 Å². The molecule has 0 spiro atoms. The molecule has 0 unspecified atom stereocenters. The summed E-state index contributed by atoms with van der Waals surface area (Å²) in [5.74, 6) is -1.63. The molecule has 0 aliphatic rings. The van der Waals surface area contributed by atoms with Gasteiger partial charge in [-0.25, -0.2) is 8.78 Å². The molecule has 0 amide bonds. The summed E-state index contributed by atoms with van der Waals surface area (Å²) in [4.78, 5) is 12.1. The first-order valence-corrected chi connectivity index (χ1v) is 6.15. The van der Waals surface area contributed by atoms with E-state index in [1.807, 2.05) is 13.8 Å². The number of hydrogen-bond donors (Lipinski definition) is 0. The third kappa shape index (κ3) is 3.01. The van der Waals surface area contributed by atoms with Crippen LogP contribution in [0.2, 0.25) is 0 Å². The summed E-state index contributed by atoms with van der Waals surface area (Å²) < 4.78 is 32.4. The predicted molar refractivity (Wildman–Crippen MR) is 70.1 cm³/mol. The SMILES string of the molecule is CC(C)COc1ccnn(-c2ccc(F)c(F)c2)c1=O. The number of benzene rings is 1. The molecule has 6 heteroatoms. The van der Waals surface area contributed by atoms with Crippen LogP contribution < -0.4 is 10.3 Å². The summed E-state index contributed by atoms with van der Waals surface area (Å²) in [6.07, 6.45) is 1.37. The minimum absolute atomic E-state index is 0.124. The minimum Gasteiger partial charge on any atom is -0.488 e. The van der Waals surface area contributed by atoms with Crippen LogP contribution in [0, 0.1) is 17.6 Å². The topological polar surface area (TPSA) is 44.1 Å². The molecule has 20 heavy (non-hydrogen) atoms. The Morgan fingerprint density at radius 1 is 1.25 bits per heavy atom. The first kappa shape index (κ1) is 14.2. The molecular formula is C14H14F2N2O2. The van der Waals surface area contributed by atoms with Gasteiger partial charge in [-0.05, 0) is 18.1 Å². The highest BCUT2D eigenvalue weighted by molar-refractivity contribution is 5.33. The molecule has 0 N–H and O–H groups in total. The van der Waals surface area contributed by atoms with E-state index in [-0.39, 0.29) is 17.4 Å². The number of nitrogens with zero attached hydrogens (tertiary/aromatic N) is 2. The van der Waals surface area contributed by atoms with Crippen LogP contribution in [-0.2, 0) is 0 Å². The molecule has 0 aliphatic heterocycles. The lowest BCUT2D eigenvalue weighted by molar-refractivity contribution is 0.265. The van der Waals surface area contributed by atoms with Gasteiger partial charge < -0.3 is 4.74 Å². The lowest BCUT2D eigenvalue weighted by Gasteiger charge is -2.10. The molecule has 2 aromatic rings. The lowest BCUT2D eigenvalue weighted by Crippen LogP contribution is -2.23. The number of hydrogen-bond acceptors (Lipinski definition) is 3. The van der Waals surface area contributed by atoms with E-state index in [1.165, 1.54) is 18.3 Å². The Hall–Kier alpha value is -2.24. The summed E-state index contributed by atoms with van der Waals surface area (Å²) in [7, 11) is 0. The van der Waals surface area contributed by atoms with Crippen LogP contribution >= 0.6 is 0 Å². The van der Waals surface area contributed by atoms with Crippen molar-refractivity contribution in [2.24, 2.45) is 5.92 Å². The van der Waals surface area contributed by atoms with Crippen molar-refractivity contribution in [3.05, 3.63) is 52.5 Å². The number of ether oxygens (including phenoxy) is 1. The largest absolute Gasteiger partial charge is 0.488 e. The fourth-order valence-corrected chi connectivity index (χ4v) is 1.56. The van der Waals surface area contributed by atoms with Crippen molar-refractivity contribution in [3.63, 3.8) is 0 Å². The Morgan fingerprint density at radius 2 is 2.00 bits per heavy atom. The van der Waals surface area contributed by atoms with E-state index in [4.69, 9.17) is 4.74 Å². The van der Waals surface area contributed by atoms with Crippen molar-refractivity contribution in [3.8, 4) is 11.4 Å². The Morgan fingerprint density at radius 3 is 2.65 bits per heavy atom. The molecule has 1 aromatic heterocycles. The van der Waals surface area contributed by atoms with Gasteiger partial charge in [-0.15, -0.1) is 0 Å². The van der Waals surface area contributed by atoms with Crippen LogP contribution in [0.3, 0.4) is 0 Å². The second-order valence-corrected chi connectivity index (χ2v) is 4.72. The zero-order chi connectivity index (χ0) is 14.7. The van der Waals surface area contributed by atoms with Crippen molar-refractivity contribution in [2.45, 2.75) is 13.8 Å². The fourth-order valence-electron chi connectivity index (χ4n) is 1.56. The highest BCUT2D eigenvalue weighted by Gasteiger charge is 2.10. The van der Waals surface area contributed by atoms with E-state index in [0.29, 0.717) is 6.61 Å². The quantitative estimate of drug-likeness (QED) is 0.864. The highest BCUT2D eigenvalue weighted by Crippen LogP contribution is 2.12. The molecule has 2 rings (SSSR count). The molecule has 0 atom stereocenters. The van der Waals surface area contributed by atoms with Gasteiger partial charge in [0.2, 0.25) is 0 Å². The molecule has 0 fully saturated rings. The summed E-state index contributed by atoms with van der Waals surface area (Å²) in [6.45, 7) is 4.29. The van der Waals surface area contributed by atoms with Gasteiger partial charge in [0, 0.05) is 12.1 Å². The van der Waals surface area contributed by atoms with Crippen LogP contribution in [0.4, 0.5) is 8.78 Å². The Labute approximate surface area is 114 Å². The van der Waals surface area contributed by atoms with Crippen molar-refractivity contribution in [2.75, 3.05) is 6.61 Å². The second kappa shape index (κ2) is 5.81. The molecule has 0 aliphatic carbocycles. The van der Waals surface area contributed by atoms with Crippen LogP contribution in [0.15, 0.2) is 35.3 Å². The van der Waals surface area contributed by atoms with Gasteiger partial charge in [-0.1, -0.05) is 13.8 Å². The molecule has 0 radical (unpaired) electrons. The normalized spacial score (nSPS) is 10.8. The average Bonchev–Trinajstić information content (AvgIpc) is 2.41. The smallest absolute Gasteiger partial charge is 0.313 e. The Balaban J connectivity index is 2.39. The maximum atomic E-state index is 13.2. The third-order valence-electron chi connectivity index (χ3n) is 2.53. The molecule has 1 heterocycles.